The van der Waals surface area contributed by atoms with Crippen molar-refractivity contribution in [3.63, 3.8) is 0 Å². The third-order valence-electron chi connectivity index (χ3n) is 2.69. The summed E-state index contributed by atoms with van der Waals surface area (Å²) >= 11 is 6.03. The monoisotopic (exact) mass is 253 g/mol. The van der Waals surface area contributed by atoms with Crippen LogP contribution >= 0.6 is 11.6 Å². The predicted molar refractivity (Wildman–Crippen MR) is 66.6 cm³/mol. The fraction of sp³-hybridized carbons (Fsp3) is 0.250. The highest BCUT2D eigenvalue weighted by molar-refractivity contribution is 6.31. The van der Waals surface area contributed by atoms with Gasteiger partial charge in [0.05, 0.1) is 23.0 Å². The number of nitrogens with zero attached hydrogens (tertiary/aromatic N) is 2. The Hall–Kier alpha value is -1.55. The standard InChI is InChI=1S/C12H13ClFN3/c1-7-12(13)8(2)17(16-7)6-9-3-4-10(15)5-11(9)14/h3-5H,6,15H2,1-2H3. The summed E-state index contributed by atoms with van der Waals surface area (Å²) < 4.78 is 15.3. The Balaban J connectivity index is 2.34. The van der Waals surface area contributed by atoms with Gasteiger partial charge in [-0.15, -0.1) is 0 Å². The molecule has 1 aromatic carbocycles. The first kappa shape index (κ1) is 11.9. The second kappa shape index (κ2) is 4.37. The normalized spacial score (nSPS) is 10.8. The Labute approximate surface area is 104 Å². The molecule has 2 aromatic rings. The molecule has 1 aromatic heterocycles. The van der Waals surface area contributed by atoms with E-state index >= 15 is 0 Å². The van der Waals surface area contributed by atoms with Gasteiger partial charge in [-0.2, -0.15) is 5.10 Å². The van der Waals surface area contributed by atoms with Gasteiger partial charge in [-0.25, -0.2) is 4.39 Å². The van der Waals surface area contributed by atoms with E-state index in [0.717, 1.165) is 11.4 Å². The van der Waals surface area contributed by atoms with E-state index in [2.05, 4.69) is 5.10 Å². The van der Waals surface area contributed by atoms with Crippen LogP contribution in [0.4, 0.5) is 10.1 Å². The Morgan fingerprint density at radius 2 is 2.12 bits per heavy atom. The van der Waals surface area contributed by atoms with E-state index in [4.69, 9.17) is 17.3 Å². The summed E-state index contributed by atoms with van der Waals surface area (Å²) in [5.41, 5.74) is 8.04. The minimum atomic E-state index is -0.325. The molecule has 0 saturated carbocycles. The quantitative estimate of drug-likeness (QED) is 0.837. The summed E-state index contributed by atoms with van der Waals surface area (Å²) in [4.78, 5) is 0. The zero-order valence-corrected chi connectivity index (χ0v) is 10.4. The molecule has 1 heterocycles. The van der Waals surface area contributed by atoms with Gasteiger partial charge in [0.25, 0.3) is 0 Å². The van der Waals surface area contributed by atoms with Gasteiger partial charge < -0.3 is 5.73 Å². The number of hydrogen-bond acceptors (Lipinski definition) is 2. The summed E-state index contributed by atoms with van der Waals surface area (Å²) in [6.45, 7) is 4.04. The molecule has 0 atom stereocenters. The molecular weight excluding hydrogens is 241 g/mol. The molecule has 0 fully saturated rings. The van der Waals surface area contributed by atoms with Crippen LogP contribution in [0.2, 0.25) is 5.02 Å². The Bertz CT molecular complexity index is 563. The topological polar surface area (TPSA) is 43.8 Å². The number of halogens is 2. The van der Waals surface area contributed by atoms with Crippen molar-refractivity contribution in [2.75, 3.05) is 5.73 Å². The van der Waals surface area contributed by atoms with Crippen molar-refractivity contribution in [1.82, 2.24) is 9.78 Å². The molecule has 2 N–H and O–H groups in total. The van der Waals surface area contributed by atoms with Gasteiger partial charge in [0, 0.05) is 11.3 Å². The van der Waals surface area contributed by atoms with Crippen molar-refractivity contribution in [3.8, 4) is 0 Å². The highest BCUT2D eigenvalue weighted by Crippen LogP contribution is 2.21. The number of nitrogen functional groups attached to an aromatic ring is 1. The van der Waals surface area contributed by atoms with E-state index in [1.807, 2.05) is 13.8 Å². The zero-order chi connectivity index (χ0) is 12.6. The Kier molecular flexibility index (Phi) is 3.07. The molecule has 0 amide bonds. The summed E-state index contributed by atoms with van der Waals surface area (Å²) in [5, 5.41) is 4.88. The molecule has 3 nitrogen and oxygen atoms in total. The number of aryl methyl sites for hydroxylation is 1. The van der Waals surface area contributed by atoms with Gasteiger partial charge in [-0.3, -0.25) is 4.68 Å². The van der Waals surface area contributed by atoms with Crippen molar-refractivity contribution >= 4 is 17.3 Å². The third-order valence-corrected chi connectivity index (χ3v) is 3.24. The lowest BCUT2D eigenvalue weighted by molar-refractivity contribution is 0.579. The molecular formula is C12H13ClFN3. The van der Waals surface area contributed by atoms with E-state index in [0.29, 0.717) is 22.8 Å². The largest absolute Gasteiger partial charge is 0.399 e. The minimum absolute atomic E-state index is 0.325. The van der Waals surface area contributed by atoms with E-state index in [1.165, 1.54) is 6.07 Å². The summed E-state index contributed by atoms with van der Waals surface area (Å²) in [7, 11) is 0. The lowest BCUT2D eigenvalue weighted by Gasteiger charge is -2.06. The first-order chi connectivity index (χ1) is 7.99. The molecule has 0 bridgehead atoms. The number of anilines is 1. The number of nitrogens with two attached hydrogens (primary N) is 1. The maximum absolute atomic E-state index is 13.6. The summed E-state index contributed by atoms with van der Waals surface area (Å²) in [6.07, 6.45) is 0. The van der Waals surface area contributed by atoms with Gasteiger partial charge in [0.2, 0.25) is 0 Å². The minimum Gasteiger partial charge on any atom is -0.399 e. The van der Waals surface area contributed by atoms with Crippen LogP contribution in [0.1, 0.15) is 17.0 Å². The lowest BCUT2D eigenvalue weighted by atomic mass is 10.2. The van der Waals surface area contributed by atoms with Crippen LogP contribution in [0.15, 0.2) is 18.2 Å². The number of rotatable bonds is 2. The molecule has 0 radical (unpaired) electrons. The molecule has 0 aliphatic rings. The highest BCUT2D eigenvalue weighted by Gasteiger charge is 2.11. The van der Waals surface area contributed by atoms with Crippen LogP contribution in [-0.2, 0) is 6.54 Å². The van der Waals surface area contributed by atoms with Crippen LogP contribution in [-0.4, -0.2) is 9.78 Å². The highest BCUT2D eigenvalue weighted by atomic mass is 35.5. The van der Waals surface area contributed by atoms with E-state index in [-0.39, 0.29) is 5.82 Å². The number of hydrogen-bond donors (Lipinski definition) is 1. The maximum atomic E-state index is 13.6. The molecule has 0 aliphatic heterocycles. The van der Waals surface area contributed by atoms with Crippen LogP contribution in [0.25, 0.3) is 0 Å². The van der Waals surface area contributed by atoms with Crippen molar-refractivity contribution < 1.29 is 4.39 Å². The van der Waals surface area contributed by atoms with E-state index < -0.39 is 0 Å². The fourth-order valence-corrected chi connectivity index (χ4v) is 1.82. The molecule has 2 rings (SSSR count). The molecule has 0 aliphatic carbocycles. The van der Waals surface area contributed by atoms with Crippen LogP contribution in [0.5, 0.6) is 0 Å². The summed E-state index contributed by atoms with van der Waals surface area (Å²) in [5.74, 6) is -0.325. The van der Waals surface area contributed by atoms with Crippen LogP contribution in [0.3, 0.4) is 0 Å². The van der Waals surface area contributed by atoms with Gasteiger partial charge in [0.1, 0.15) is 5.82 Å². The van der Waals surface area contributed by atoms with Gasteiger partial charge in [0.15, 0.2) is 0 Å². The second-order valence-corrected chi connectivity index (χ2v) is 4.37. The fourth-order valence-electron chi connectivity index (χ4n) is 1.68. The second-order valence-electron chi connectivity index (χ2n) is 3.99. The SMILES string of the molecule is Cc1nn(Cc2ccc(N)cc2F)c(C)c1Cl. The zero-order valence-electron chi connectivity index (χ0n) is 9.67. The van der Waals surface area contributed by atoms with Crippen molar-refractivity contribution in [3.05, 3.63) is 46.0 Å². The van der Waals surface area contributed by atoms with E-state index in [1.54, 1.807) is 16.8 Å². The van der Waals surface area contributed by atoms with Gasteiger partial charge >= 0.3 is 0 Å². The van der Waals surface area contributed by atoms with Crippen molar-refractivity contribution in [1.29, 1.82) is 0 Å². The van der Waals surface area contributed by atoms with Crippen molar-refractivity contribution in [2.45, 2.75) is 20.4 Å². The molecule has 0 unspecified atom stereocenters. The van der Waals surface area contributed by atoms with Gasteiger partial charge in [-0.1, -0.05) is 17.7 Å². The van der Waals surface area contributed by atoms with E-state index in [9.17, 15) is 4.39 Å². The average Bonchev–Trinajstić information content (AvgIpc) is 2.50. The first-order valence-electron chi connectivity index (χ1n) is 5.22. The smallest absolute Gasteiger partial charge is 0.130 e. The number of benzene rings is 1. The molecule has 17 heavy (non-hydrogen) atoms. The lowest BCUT2D eigenvalue weighted by Crippen LogP contribution is -2.06. The Morgan fingerprint density at radius 3 is 2.65 bits per heavy atom. The molecule has 5 heteroatoms. The molecule has 0 spiro atoms. The molecule has 0 saturated heterocycles. The van der Waals surface area contributed by atoms with Gasteiger partial charge in [-0.05, 0) is 26.0 Å². The average molecular weight is 254 g/mol. The first-order valence-corrected chi connectivity index (χ1v) is 5.60. The van der Waals surface area contributed by atoms with Crippen molar-refractivity contribution in [2.24, 2.45) is 0 Å². The maximum Gasteiger partial charge on any atom is 0.130 e. The van der Waals surface area contributed by atoms with Crippen LogP contribution in [0, 0.1) is 19.7 Å². The number of aromatic nitrogens is 2. The third kappa shape index (κ3) is 2.26. The predicted octanol–water partition coefficient (Wildman–Crippen LogP) is 2.92. The summed E-state index contributed by atoms with van der Waals surface area (Å²) in [6, 6.07) is 4.64. The van der Waals surface area contributed by atoms with Crippen LogP contribution < -0.4 is 5.73 Å². The Morgan fingerprint density at radius 1 is 1.41 bits per heavy atom. The molecule has 90 valence electrons.